The molecule has 160 valence electrons. The van der Waals surface area contributed by atoms with Gasteiger partial charge in [-0.25, -0.2) is 4.98 Å². The summed E-state index contributed by atoms with van der Waals surface area (Å²) in [6.07, 6.45) is 3.49. The van der Waals surface area contributed by atoms with Crippen molar-refractivity contribution in [3.8, 4) is 0 Å². The summed E-state index contributed by atoms with van der Waals surface area (Å²) in [6.45, 7) is 3.16. The lowest BCUT2D eigenvalue weighted by molar-refractivity contribution is 0.102. The number of nitrogens with one attached hydrogen (secondary N) is 1. The van der Waals surface area contributed by atoms with E-state index in [2.05, 4.69) is 36.1 Å². The third kappa shape index (κ3) is 4.60. The van der Waals surface area contributed by atoms with Gasteiger partial charge in [-0.3, -0.25) is 4.79 Å². The molecule has 30 heavy (non-hydrogen) atoms. The average molecular weight is 494 g/mol. The summed E-state index contributed by atoms with van der Waals surface area (Å²) in [5.41, 5.74) is 3.45. The van der Waals surface area contributed by atoms with E-state index in [-0.39, 0.29) is 5.91 Å². The van der Waals surface area contributed by atoms with E-state index in [1.807, 2.05) is 24.1 Å². The summed E-state index contributed by atoms with van der Waals surface area (Å²) in [6, 6.07) is 4.39. The number of carbonyl (C=O) groups excluding carboxylic acids is 1. The van der Waals surface area contributed by atoms with Gasteiger partial charge in [0.1, 0.15) is 11.2 Å². The van der Waals surface area contributed by atoms with Gasteiger partial charge >= 0.3 is 0 Å². The van der Waals surface area contributed by atoms with Gasteiger partial charge in [0.05, 0.1) is 18.0 Å². The molecule has 3 heterocycles. The van der Waals surface area contributed by atoms with E-state index in [1.165, 1.54) is 17.8 Å². The molecule has 0 spiro atoms. The van der Waals surface area contributed by atoms with Crippen molar-refractivity contribution < 1.29 is 13.9 Å². The fraction of sp³-hybridized carbons (Fsp3) is 0.450. The van der Waals surface area contributed by atoms with Gasteiger partial charge in [0.25, 0.3) is 11.9 Å². The van der Waals surface area contributed by atoms with Gasteiger partial charge in [-0.05, 0) is 41.3 Å². The first-order valence-electron chi connectivity index (χ1n) is 9.87. The molecule has 1 fully saturated rings. The van der Waals surface area contributed by atoms with Gasteiger partial charge in [-0.1, -0.05) is 0 Å². The molecule has 0 radical (unpaired) electrons. The van der Waals surface area contributed by atoms with Crippen LogP contribution in [0.1, 0.15) is 29.8 Å². The number of anilines is 3. The largest absolute Gasteiger partial charge is 0.423 e. The average Bonchev–Trinajstić information content (AvgIpc) is 3.38. The number of piperidine rings is 1. The van der Waals surface area contributed by atoms with Crippen LogP contribution in [0.15, 0.2) is 25.8 Å². The van der Waals surface area contributed by atoms with E-state index in [0.717, 1.165) is 37.1 Å². The molecule has 0 bridgehead atoms. The molecule has 0 aliphatic carbocycles. The van der Waals surface area contributed by atoms with E-state index >= 15 is 0 Å². The number of hydrogen-bond donors (Lipinski definition) is 1. The third-order valence-corrected chi connectivity index (χ3v) is 6.47. The molecule has 1 aliphatic rings. The lowest BCUT2D eigenvalue weighted by atomic mass is 10.1. The summed E-state index contributed by atoms with van der Waals surface area (Å²) in [4.78, 5) is 25.8. The Morgan fingerprint density at radius 1 is 1.33 bits per heavy atom. The number of hydrogen-bond acceptors (Lipinski definition) is 8. The van der Waals surface area contributed by atoms with Crippen LogP contribution >= 0.6 is 27.3 Å². The maximum Gasteiger partial charge on any atom is 0.298 e. The number of ether oxygens (including phenoxy) is 1. The Morgan fingerprint density at radius 2 is 2.13 bits per heavy atom. The Morgan fingerprint density at radius 3 is 2.83 bits per heavy atom. The standard InChI is InChI=1S/C20H24BrN5O3S/c1-25(8-9-28-2)20-24-14-10-16(26-6-4-3-5-7-26)13(11-17(14)29-20)22-18(27)15-12-30-19(21)23-15/h10-12H,3-9H2,1-2H3,(H,22,27). The number of thiazole rings is 1. The highest BCUT2D eigenvalue weighted by atomic mass is 79.9. The van der Waals surface area contributed by atoms with Gasteiger partial charge in [0, 0.05) is 45.2 Å². The number of benzene rings is 1. The maximum absolute atomic E-state index is 12.8. The molecular weight excluding hydrogens is 470 g/mol. The number of likely N-dealkylation sites (N-methyl/N-ethyl adjacent to an activating group) is 1. The van der Waals surface area contributed by atoms with Crippen LogP contribution in [0.3, 0.4) is 0 Å². The first-order valence-corrected chi connectivity index (χ1v) is 11.5. The Labute approximate surface area is 187 Å². The van der Waals surface area contributed by atoms with Crippen LogP contribution in [0, 0.1) is 0 Å². The summed E-state index contributed by atoms with van der Waals surface area (Å²) >= 11 is 4.69. The van der Waals surface area contributed by atoms with E-state index in [0.29, 0.717) is 40.0 Å². The second kappa shape index (κ2) is 9.32. The summed E-state index contributed by atoms with van der Waals surface area (Å²) < 4.78 is 11.8. The SMILES string of the molecule is COCCN(C)c1nc2cc(N3CCCCC3)c(NC(=O)c3csc(Br)n3)cc2o1. The van der Waals surface area contributed by atoms with E-state index in [9.17, 15) is 4.79 Å². The number of nitrogens with zero attached hydrogens (tertiary/aromatic N) is 4. The monoisotopic (exact) mass is 493 g/mol. The van der Waals surface area contributed by atoms with E-state index in [1.54, 1.807) is 12.5 Å². The van der Waals surface area contributed by atoms with Crippen LogP contribution in [-0.2, 0) is 4.74 Å². The van der Waals surface area contributed by atoms with Crippen LogP contribution in [0.5, 0.6) is 0 Å². The van der Waals surface area contributed by atoms with Gasteiger partial charge in [0.2, 0.25) is 0 Å². The molecule has 0 atom stereocenters. The third-order valence-electron chi connectivity index (χ3n) is 5.11. The number of methoxy groups -OCH3 is 1. The fourth-order valence-corrected chi connectivity index (χ4v) is 4.47. The first-order chi connectivity index (χ1) is 14.5. The van der Waals surface area contributed by atoms with Crippen molar-refractivity contribution in [2.45, 2.75) is 19.3 Å². The van der Waals surface area contributed by atoms with Crippen molar-refractivity contribution in [3.63, 3.8) is 0 Å². The highest BCUT2D eigenvalue weighted by molar-refractivity contribution is 9.11. The predicted molar refractivity (Wildman–Crippen MR) is 123 cm³/mol. The lowest BCUT2D eigenvalue weighted by Crippen LogP contribution is -2.30. The number of halogens is 1. The van der Waals surface area contributed by atoms with Crippen molar-refractivity contribution in [2.24, 2.45) is 0 Å². The Bertz CT molecular complexity index is 1030. The summed E-state index contributed by atoms with van der Waals surface area (Å²) in [5.74, 6) is -0.244. The molecule has 8 nitrogen and oxygen atoms in total. The normalized spacial score (nSPS) is 14.3. The van der Waals surface area contributed by atoms with Crippen LogP contribution in [0.2, 0.25) is 0 Å². The van der Waals surface area contributed by atoms with Gasteiger partial charge in [-0.15, -0.1) is 11.3 Å². The van der Waals surface area contributed by atoms with Crippen molar-refractivity contribution in [1.82, 2.24) is 9.97 Å². The molecule has 4 rings (SSSR count). The second-order valence-electron chi connectivity index (χ2n) is 7.24. The maximum atomic E-state index is 12.8. The number of oxazole rings is 1. The van der Waals surface area contributed by atoms with Gasteiger partial charge < -0.3 is 24.3 Å². The lowest BCUT2D eigenvalue weighted by Gasteiger charge is -2.30. The molecule has 1 N–H and O–H groups in total. The van der Waals surface area contributed by atoms with Crippen LogP contribution in [-0.4, -0.2) is 56.3 Å². The molecule has 2 aromatic heterocycles. The zero-order valence-corrected chi connectivity index (χ0v) is 19.4. The number of rotatable bonds is 7. The minimum absolute atomic E-state index is 0.244. The number of amides is 1. The molecule has 0 saturated carbocycles. The van der Waals surface area contributed by atoms with Crippen molar-refractivity contribution in [2.75, 3.05) is 55.5 Å². The van der Waals surface area contributed by atoms with Crippen molar-refractivity contribution in [3.05, 3.63) is 27.1 Å². The molecule has 1 aliphatic heterocycles. The van der Waals surface area contributed by atoms with E-state index < -0.39 is 0 Å². The number of aromatic nitrogens is 2. The predicted octanol–water partition coefficient (Wildman–Crippen LogP) is 4.37. The molecule has 10 heteroatoms. The second-order valence-corrected chi connectivity index (χ2v) is 9.37. The zero-order chi connectivity index (χ0) is 21.1. The Hall–Kier alpha value is -2.17. The highest BCUT2D eigenvalue weighted by Crippen LogP contribution is 2.35. The molecule has 1 aromatic carbocycles. The fourth-order valence-electron chi connectivity index (χ4n) is 3.48. The van der Waals surface area contributed by atoms with Crippen molar-refractivity contribution in [1.29, 1.82) is 0 Å². The molecule has 0 unspecified atom stereocenters. The molecule has 1 saturated heterocycles. The highest BCUT2D eigenvalue weighted by Gasteiger charge is 2.21. The van der Waals surface area contributed by atoms with Gasteiger partial charge in [0.15, 0.2) is 9.50 Å². The minimum atomic E-state index is -0.244. The van der Waals surface area contributed by atoms with E-state index in [4.69, 9.17) is 9.15 Å². The first kappa shape index (κ1) is 21.1. The number of carbonyl (C=O) groups is 1. The summed E-state index contributed by atoms with van der Waals surface area (Å²) in [7, 11) is 3.58. The zero-order valence-electron chi connectivity index (χ0n) is 17.0. The Balaban J connectivity index is 1.68. The van der Waals surface area contributed by atoms with Crippen LogP contribution < -0.4 is 15.1 Å². The van der Waals surface area contributed by atoms with Crippen LogP contribution in [0.25, 0.3) is 11.1 Å². The smallest absolute Gasteiger partial charge is 0.298 e. The molecular formula is C20H24BrN5O3S. The van der Waals surface area contributed by atoms with Crippen LogP contribution in [0.4, 0.5) is 17.4 Å². The molecule has 1 amide bonds. The minimum Gasteiger partial charge on any atom is -0.423 e. The topological polar surface area (TPSA) is 83.7 Å². The van der Waals surface area contributed by atoms with Gasteiger partial charge in [-0.2, -0.15) is 4.98 Å². The number of fused-ring (bicyclic) bond motifs is 1. The Kier molecular flexibility index (Phi) is 6.55. The summed E-state index contributed by atoms with van der Waals surface area (Å²) in [5, 5.41) is 4.76. The van der Waals surface area contributed by atoms with Crippen molar-refractivity contribution >= 4 is 61.7 Å². The quantitative estimate of drug-likeness (QED) is 0.522. The molecule has 3 aromatic rings.